The predicted molar refractivity (Wildman–Crippen MR) is 88.9 cm³/mol. The Morgan fingerprint density at radius 2 is 1.90 bits per heavy atom. The molecular formula is C15H14N2O2S2. The average molecular weight is 318 g/mol. The molecule has 0 amide bonds. The lowest BCUT2D eigenvalue weighted by atomic mass is 10.2. The van der Waals surface area contributed by atoms with Crippen LogP contribution < -0.4 is 10.5 Å². The third-order valence-electron chi connectivity index (χ3n) is 3.13. The van der Waals surface area contributed by atoms with Gasteiger partial charge in [-0.3, -0.25) is 4.72 Å². The lowest BCUT2D eigenvalue weighted by molar-refractivity contribution is 0.600. The zero-order valence-electron chi connectivity index (χ0n) is 11.1. The molecule has 108 valence electrons. The van der Waals surface area contributed by atoms with Gasteiger partial charge in [-0.2, -0.15) is 0 Å². The van der Waals surface area contributed by atoms with Gasteiger partial charge in [0, 0.05) is 16.1 Å². The largest absolute Gasteiger partial charge is 0.398 e. The Labute approximate surface area is 127 Å². The van der Waals surface area contributed by atoms with E-state index in [2.05, 4.69) is 4.72 Å². The molecule has 3 aromatic rings. The van der Waals surface area contributed by atoms with Gasteiger partial charge in [-0.1, -0.05) is 18.2 Å². The zero-order valence-corrected chi connectivity index (χ0v) is 12.7. The van der Waals surface area contributed by atoms with Crippen molar-refractivity contribution in [3.8, 4) is 0 Å². The highest BCUT2D eigenvalue weighted by Gasteiger charge is 2.13. The Bertz CT molecular complexity index is 885. The summed E-state index contributed by atoms with van der Waals surface area (Å²) in [5.74, 6) is -0.138. The van der Waals surface area contributed by atoms with Crippen LogP contribution in [0.5, 0.6) is 0 Å². The van der Waals surface area contributed by atoms with Gasteiger partial charge in [0.15, 0.2) is 0 Å². The van der Waals surface area contributed by atoms with Crippen LogP contribution >= 0.6 is 11.3 Å². The molecule has 1 heterocycles. The summed E-state index contributed by atoms with van der Waals surface area (Å²) < 4.78 is 28.2. The summed E-state index contributed by atoms with van der Waals surface area (Å²) in [4.78, 5) is 0. The summed E-state index contributed by atoms with van der Waals surface area (Å²) in [5.41, 5.74) is 7.44. The Morgan fingerprint density at radius 3 is 2.71 bits per heavy atom. The third kappa shape index (κ3) is 3.17. The maximum absolute atomic E-state index is 12.2. The molecule has 0 aliphatic carbocycles. The van der Waals surface area contributed by atoms with E-state index in [1.165, 1.54) is 0 Å². The molecule has 3 N–H and O–H groups in total. The number of thiophene rings is 1. The van der Waals surface area contributed by atoms with Crippen LogP contribution in [-0.4, -0.2) is 8.42 Å². The van der Waals surface area contributed by atoms with Crippen LogP contribution in [-0.2, 0) is 15.8 Å². The summed E-state index contributed by atoms with van der Waals surface area (Å²) in [6.07, 6.45) is 0. The van der Waals surface area contributed by atoms with E-state index in [0.29, 0.717) is 16.9 Å². The monoisotopic (exact) mass is 318 g/mol. The second-order valence-electron chi connectivity index (χ2n) is 4.73. The fourth-order valence-electron chi connectivity index (χ4n) is 2.12. The Balaban J connectivity index is 1.84. The minimum absolute atomic E-state index is 0.138. The van der Waals surface area contributed by atoms with Crippen LogP contribution in [0.3, 0.4) is 0 Å². The summed E-state index contributed by atoms with van der Waals surface area (Å²) in [7, 11) is -3.49. The number of nitrogens with one attached hydrogen (secondary N) is 1. The van der Waals surface area contributed by atoms with E-state index >= 15 is 0 Å². The van der Waals surface area contributed by atoms with Gasteiger partial charge in [0.2, 0.25) is 10.0 Å². The first kappa shape index (κ1) is 13.9. The molecular weight excluding hydrogens is 304 g/mol. The van der Waals surface area contributed by atoms with Crippen LogP contribution in [0.2, 0.25) is 0 Å². The molecule has 1 aromatic heterocycles. The van der Waals surface area contributed by atoms with Crippen molar-refractivity contribution in [2.45, 2.75) is 5.75 Å². The van der Waals surface area contributed by atoms with Gasteiger partial charge >= 0.3 is 0 Å². The van der Waals surface area contributed by atoms with Gasteiger partial charge < -0.3 is 5.73 Å². The number of hydrogen-bond donors (Lipinski definition) is 2. The van der Waals surface area contributed by atoms with Crippen LogP contribution in [0.1, 0.15) is 5.56 Å². The van der Waals surface area contributed by atoms with E-state index in [-0.39, 0.29) is 5.75 Å². The molecule has 0 fully saturated rings. The first-order chi connectivity index (χ1) is 10.0. The maximum Gasteiger partial charge on any atom is 0.236 e. The number of hydrogen-bond acceptors (Lipinski definition) is 4. The molecule has 4 nitrogen and oxygen atoms in total. The zero-order chi connectivity index (χ0) is 14.9. The predicted octanol–water partition coefficient (Wildman–Crippen LogP) is 3.43. The molecule has 21 heavy (non-hydrogen) atoms. The molecule has 0 unspecified atom stereocenters. The number of rotatable bonds is 4. The van der Waals surface area contributed by atoms with Crippen LogP contribution in [0.15, 0.2) is 53.9 Å². The van der Waals surface area contributed by atoms with Crippen molar-refractivity contribution < 1.29 is 8.42 Å². The number of benzene rings is 2. The molecule has 0 atom stereocenters. The normalized spacial score (nSPS) is 11.6. The van der Waals surface area contributed by atoms with E-state index in [1.807, 2.05) is 23.6 Å². The summed E-state index contributed by atoms with van der Waals surface area (Å²) in [6, 6.07) is 14.4. The Hall–Kier alpha value is -2.05. The van der Waals surface area contributed by atoms with Crippen molar-refractivity contribution in [1.82, 2.24) is 0 Å². The molecule has 0 saturated heterocycles. The second kappa shape index (κ2) is 5.38. The minimum atomic E-state index is -3.49. The molecule has 2 aromatic carbocycles. The molecule has 0 radical (unpaired) electrons. The van der Waals surface area contributed by atoms with Gasteiger partial charge in [-0.05, 0) is 46.7 Å². The number of fused-ring (bicyclic) bond motifs is 1. The molecule has 0 spiro atoms. The third-order valence-corrected chi connectivity index (χ3v) is 5.26. The lowest BCUT2D eigenvalue weighted by Gasteiger charge is -2.09. The average Bonchev–Trinajstić information content (AvgIpc) is 2.88. The van der Waals surface area contributed by atoms with Gasteiger partial charge in [-0.25, -0.2) is 8.42 Å². The van der Waals surface area contributed by atoms with Crippen molar-refractivity contribution in [3.63, 3.8) is 0 Å². The van der Waals surface area contributed by atoms with Crippen molar-refractivity contribution in [2.24, 2.45) is 0 Å². The maximum atomic E-state index is 12.2. The molecule has 0 aliphatic heterocycles. The van der Waals surface area contributed by atoms with Crippen molar-refractivity contribution in [2.75, 3.05) is 10.5 Å². The molecule has 0 aliphatic rings. The highest BCUT2D eigenvalue weighted by molar-refractivity contribution is 7.91. The van der Waals surface area contributed by atoms with Crippen LogP contribution in [0, 0.1) is 0 Å². The number of nitrogen functional groups attached to an aromatic ring is 1. The van der Waals surface area contributed by atoms with E-state index in [1.54, 1.807) is 41.7 Å². The minimum Gasteiger partial charge on any atom is -0.398 e. The number of para-hydroxylation sites is 1. The number of anilines is 2. The molecule has 6 heteroatoms. The van der Waals surface area contributed by atoms with Crippen molar-refractivity contribution >= 4 is 42.8 Å². The van der Waals surface area contributed by atoms with Gasteiger partial charge in [0.1, 0.15) is 0 Å². The molecule has 3 rings (SSSR count). The standard InChI is InChI=1S/C15H14N2O2S2/c16-14-4-2-1-3-12(14)10-21(18,19)17-13-5-6-15-11(9-13)7-8-20-15/h1-9,17H,10,16H2. The topological polar surface area (TPSA) is 72.2 Å². The first-order valence-corrected chi connectivity index (χ1v) is 8.88. The number of nitrogens with two attached hydrogens (primary N) is 1. The van der Waals surface area contributed by atoms with Gasteiger partial charge in [-0.15, -0.1) is 11.3 Å². The quantitative estimate of drug-likeness (QED) is 0.724. The summed E-state index contributed by atoms with van der Waals surface area (Å²) in [6.45, 7) is 0. The van der Waals surface area contributed by atoms with Crippen molar-refractivity contribution in [3.05, 3.63) is 59.5 Å². The highest BCUT2D eigenvalue weighted by atomic mass is 32.2. The second-order valence-corrected chi connectivity index (χ2v) is 7.40. The Kier molecular flexibility index (Phi) is 3.57. The fourth-order valence-corrected chi connectivity index (χ4v) is 4.12. The van der Waals surface area contributed by atoms with Crippen LogP contribution in [0.25, 0.3) is 10.1 Å². The summed E-state index contributed by atoms with van der Waals surface area (Å²) >= 11 is 1.62. The highest BCUT2D eigenvalue weighted by Crippen LogP contribution is 2.25. The lowest BCUT2D eigenvalue weighted by Crippen LogP contribution is -2.15. The van der Waals surface area contributed by atoms with E-state index in [0.717, 1.165) is 10.1 Å². The van der Waals surface area contributed by atoms with E-state index in [4.69, 9.17) is 5.73 Å². The van der Waals surface area contributed by atoms with Crippen molar-refractivity contribution in [1.29, 1.82) is 0 Å². The first-order valence-electron chi connectivity index (χ1n) is 6.35. The summed E-state index contributed by atoms with van der Waals surface area (Å²) in [5, 5.41) is 3.01. The molecule has 0 bridgehead atoms. The SMILES string of the molecule is Nc1ccccc1CS(=O)(=O)Nc1ccc2sccc2c1. The smallest absolute Gasteiger partial charge is 0.236 e. The van der Waals surface area contributed by atoms with Crippen LogP contribution in [0.4, 0.5) is 11.4 Å². The van der Waals surface area contributed by atoms with E-state index < -0.39 is 10.0 Å². The number of sulfonamides is 1. The molecule has 0 saturated carbocycles. The van der Waals surface area contributed by atoms with Gasteiger partial charge in [0.05, 0.1) is 5.75 Å². The van der Waals surface area contributed by atoms with Gasteiger partial charge in [0.25, 0.3) is 0 Å². The Morgan fingerprint density at radius 1 is 1.10 bits per heavy atom. The van der Waals surface area contributed by atoms with E-state index in [9.17, 15) is 8.42 Å². The fraction of sp³-hybridized carbons (Fsp3) is 0.0667.